The maximum atomic E-state index is 9.42. The topological polar surface area (TPSA) is 58.3 Å². The lowest BCUT2D eigenvalue weighted by Gasteiger charge is -2.11. The van der Waals surface area contributed by atoms with Crippen molar-refractivity contribution in [2.24, 2.45) is 5.73 Å². The highest BCUT2D eigenvalue weighted by Crippen LogP contribution is 2.14. The van der Waals surface area contributed by atoms with E-state index in [1.54, 1.807) is 6.07 Å². The first-order valence-corrected chi connectivity index (χ1v) is 4.44. The summed E-state index contributed by atoms with van der Waals surface area (Å²) in [6.07, 6.45) is 0. The van der Waals surface area contributed by atoms with E-state index in [1.165, 1.54) is 0 Å². The fourth-order valence-corrected chi connectivity index (χ4v) is 1.03. The van der Waals surface area contributed by atoms with E-state index in [-0.39, 0.29) is 6.04 Å². The van der Waals surface area contributed by atoms with Crippen molar-refractivity contribution in [2.75, 3.05) is 6.54 Å². The molecule has 0 aliphatic rings. The van der Waals surface area contributed by atoms with Gasteiger partial charge in [0.2, 0.25) is 0 Å². The van der Waals surface area contributed by atoms with Gasteiger partial charge in [0, 0.05) is 24.7 Å². The summed E-state index contributed by atoms with van der Waals surface area (Å²) in [5.74, 6) is 0.333. The molecule has 1 aromatic rings. The molecule has 1 aromatic carbocycles. The average molecular weight is 180 g/mol. The zero-order valence-electron chi connectivity index (χ0n) is 7.83. The highest BCUT2D eigenvalue weighted by Gasteiger charge is 2.01. The molecular formula is C10H16N2O. The number of aromatic hydroxyl groups is 1. The second-order valence-corrected chi connectivity index (χ2v) is 3.15. The maximum absolute atomic E-state index is 9.42. The molecule has 72 valence electrons. The van der Waals surface area contributed by atoms with E-state index in [1.807, 2.05) is 25.1 Å². The number of phenols is 1. The van der Waals surface area contributed by atoms with Crippen molar-refractivity contribution < 1.29 is 5.11 Å². The van der Waals surface area contributed by atoms with Crippen LogP contribution in [0.5, 0.6) is 5.75 Å². The Labute approximate surface area is 78.6 Å². The molecule has 0 aliphatic carbocycles. The van der Waals surface area contributed by atoms with Crippen molar-refractivity contribution in [1.82, 2.24) is 5.32 Å². The minimum Gasteiger partial charge on any atom is -0.508 e. The Morgan fingerprint density at radius 3 is 2.77 bits per heavy atom. The molecule has 3 heteroatoms. The van der Waals surface area contributed by atoms with Gasteiger partial charge in [-0.1, -0.05) is 18.2 Å². The van der Waals surface area contributed by atoms with Gasteiger partial charge >= 0.3 is 0 Å². The van der Waals surface area contributed by atoms with Crippen LogP contribution in [-0.2, 0) is 6.54 Å². The standard InChI is InChI=1S/C10H16N2O/c1-8(6-11)12-7-9-4-2-3-5-10(9)13/h2-5,8,12-13H,6-7,11H2,1H3. The van der Waals surface area contributed by atoms with E-state index in [4.69, 9.17) is 5.73 Å². The number of nitrogens with two attached hydrogens (primary N) is 1. The van der Waals surface area contributed by atoms with E-state index in [0.717, 1.165) is 5.56 Å². The molecule has 3 nitrogen and oxygen atoms in total. The highest BCUT2D eigenvalue weighted by molar-refractivity contribution is 5.31. The Hall–Kier alpha value is -1.06. The predicted octanol–water partition coefficient (Wildman–Crippen LogP) is 0.829. The van der Waals surface area contributed by atoms with Crippen LogP contribution in [0.3, 0.4) is 0 Å². The summed E-state index contributed by atoms with van der Waals surface area (Å²) in [6.45, 7) is 3.28. The third kappa shape index (κ3) is 3.05. The van der Waals surface area contributed by atoms with Gasteiger partial charge in [0.25, 0.3) is 0 Å². The van der Waals surface area contributed by atoms with Crippen molar-refractivity contribution in [3.63, 3.8) is 0 Å². The normalized spacial score (nSPS) is 12.8. The monoisotopic (exact) mass is 180 g/mol. The summed E-state index contributed by atoms with van der Waals surface area (Å²) in [5.41, 5.74) is 6.35. The van der Waals surface area contributed by atoms with Crippen LogP contribution in [0.1, 0.15) is 12.5 Å². The average Bonchev–Trinajstić information content (AvgIpc) is 2.16. The molecule has 0 bridgehead atoms. The molecule has 0 amide bonds. The third-order valence-corrected chi connectivity index (χ3v) is 1.99. The Bertz CT molecular complexity index is 263. The number of rotatable bonds is 4. The van der Waals surface area contributed by atoms with Crippen molar-refractivity contribution >= 4 is 0 Å². The van der Waals surface area contributed by atoms with E-state index in [9.17, 15) is 5.11 Å². The Balaban J connectivity index is 2.50. The minimum atomic E-state index is 0.277. The fourth-order valence-electron chi connectivity index (χ4n) is 1.03. The number of para-hydroxylation sites is 1. The summed E-state index contributed by atoms with van der Waals surface area (Å²) in [5, 5.41) is 12.6. The van der Waals surface area contributed by atoms with Gasteiger partial charge in [0.1, 0.15) is 5.75 Å². The summed E-state index contributed by atoms with van der Waals surface area (Å²) < 4.78 is 0. The van der Waals surface area contributed by atoms with Crippen LogP contribution < -0.4 is 11.1 Å². The van der Waals surface area contributed by atoms with Gasteiger partial charge in [-0.05, 0) is 13.0 Å². The lowest BCUT2D eigenvalue weighted by molar-refractivity contribution is 0.459. The third-order valence-electron chi connectivity index (χ3n) is 1.99. The Morgan fingerprint density at radius 1 is 1.46 bits per heavy atom. The first-order chi connectivity index (χ1) is 6.24. The van der Waals surface area contributed by atoms with Gasteiger partial charge in [-0.25, -0.2) is 0 Å². The molecule has 0 fully saturated rings. The predicted molar refractivity (Wildman–Crippen MR) is 53.5 cm³/mol. The van der Waals surface area contributed by atoms with Gasteiger partial charge in [-0.15, -0.1) is 0 Å². The number of benzene rings is 1. The molecule has 0 aromatic heterocycles. The largest absolute Gasteiger partial charge is 0.508 e. The lowest BCUT2D eigenvalue weighted by Crippen LogP contribution is -2.32. The number of phenolic OH excluding ortho intramolecular Hbond substituents is 1. The SMILES string of the molecule is CC(CN)NCc1ccccc1O. The fraction of sp³-hybridized carbons (Fsp3) is 0.400. The molecule has 1 unspecified atom stereocenters. The molecule has 0 heterocycles. The molecule has 0 saturated carbocycles. The Morgan fingerprint density at radius 2 is 2.15 bits per heavy atom. The van der Waals surface area contributed by atoms with Crippen molar-refractivity contribution in [3.8, 4) is 5.75 Å². The van der Waals surface area contributed by atoms with Gasteiger partial charge in [-0.3, -0.25) is 0 Å². The molecule has 13 heavy (non-hydrogen) atoms. The van der Waals surface area contributed by atoms with Gasteiger partial charge < -0.3 is 16.2 Å². The molecule has 0 radical (unpaired) electrons. The van der Waals surface area contributed by atoms with Crippen LogP contribution in [0.25, 0.3) is 0 Å². The minimum absolute atomic E-state index is 0.277. The second kappa shape index (κ2) is 4.84. The quantitative estimate of drug-likeness (QED) is 0.643. The van der Waals surface area contributed by atoms with Crippen molar-refractivity contribution in [1.29, 1.82) is 0 Å². The van der Waals surface area contributed by atoms with Crippen LogP contribution in [0.15, 0.2) is 24.3 Å². The number of hydrogen-bond acceptors (Lipinski definition) is 3. The van der Waals surface area contributed by atoms with E-state index in [2.05, 4.69) is 5.32 Å². The van der Waals surface area contributed by atoms with Crippen molar-refractivity contribution in [2.45, 2.75) is 19.5 Å². The summed E-state index contributed by atoms with van der Waals surface area (Å²) in [6, 6.07) is 7.57. The van der Waals surface area contributed by atoms with E-state index >= 15 is 0 Å². The summed E-state index contributed by atoms with van der Waals surface area (Å²) in [7, 11) is 0. The molecule has 0 aliphatic heterocycles. The van der Waals surface area contributed by atoms with Gasteiger partial charge in [0.15, 0.2) is 0 Å². The molecule has 1 atom stereocenters. The molecular weight excluding hydrogens is 164 g/mol. The second-order valence-electron chi connectivity index (χ2n) is 3.15. The number of nitrogens with one attached hydrogen (secondary N) is 1. The summed E-state index contributed by atoms with van der Waals surface area (Å²) >= 11 is 0. The lowest BCUT2D eigenvalue weighted by atomic mass is 10.2. The molecule has 0 saturated heterocycles. The zero-order valence-corrected chi connectivity index (χ0v) is 7.83. The van der Waals surface area contributed by atoms with Crippen LogP contribution in [0.2, 0.25) is 0 Å². The summed E-state index contributed by atoms with van der Waals surface area (Å²) in [4.78, 5) is 0. The van der Waals surface area contributed by atoms with E-state index < -0.39 is 0 Å². The zero-order chi connectivity index (χ0) is 9.68. The Kier molecular flexibility index (Phi) is 3.73. The molecule has 0 spiro atoms. The smallest absolute Gasteiger partial charge is 0.120 e. The van der Waals surface area contributed by atoms with Crippen LogP contribution in [0.4, 0.5) is 0 Å². The van der Waals surface area contributed by atoms with Crippen LogP contribution in [0, 0.1) is 0 Å². The van der Waals surface area contributed by atoms with Crippen molar-refractivity contribution in [3.05, 3.63) is 29.8 Å². The highest BCUT2D eigenvalue weighted by atomic mass is 16.3. The maximum Gasteiger partial charge on any atom is 0.120 e. The first kappa shape index (κ1) is 10.0. The number of hydrogen-bond donors (Lipinski definition) is 3. The van der Waals surface area contributed by atoms with Gasteiger partial charge in [-0.2, -0.15) is 0 Å². The first-order valence-electron chi connectivity index (χ1n) is 4.44. The molecule has 1 rings (SSSR count). The van der Waals surface area contributed by atoms with Gasteiger partial charge in [0.05, 0.1) is 0 Å². The van der Waals surface area contributed by atoms with Crippen LogP contribution in [-0.4, -0.2) is 17.7 Å². The van der Waals surface area contributed by atoms with E-state index in [0.29, 0.717) is 18.8 Å². The van der Waals surface area contributed by atoms with Crippen LogP contribution >= 0.6 is 0 Å². The molecule has 4 N–H and O–H groups in total.